The van der Waals surface area contributed by atoms with Crippen LogP contribution < -0.4 is 0 Å². The van der Waals surface area contributed by atoms with Gasteiger partial charge in [-0.3, -0.25) is 0 Å². The molecule has 0 aromatic heterocycles. The summed E-state index contributed by atoms with van der Waals surface area (Å²) < 4.78 is 0. The van der Waals surface area contributed by atoms with Gasteiger partial charge in [0, 0.05) is 0 Å². The van der Waals surface area contributed by atoms with Gasteiger partial charge in [-0.2, -0.15) is 0 Å². The molecule has 0 aliphatic heterocycles. The number of unbranched alkanes of at least 4 members (excludes halogenated alkanes) is 14. The van der Waals surface area contributed by atoms with Gasteiger partial charge < -0.3 is 0 Å². The first kappa shape index (κ1) is 24.0. The Balaban J connectivity index is 3.29. The molecule has 0 saturated heterocycles. The second-order valence-corrected chi connectivity index (χ2v) is 7.95. The average molecular weight is 338 g/mol. The van der Waals surface area contributed by atoms with E-state index in [0.717, 1.165) is 0 Å². The summed E-state index contributed by atoms with van der Waals surface area (Å²) in [5.74, 6) is 1.88. The van der Waals surface area contributed by atoms with Crippen molar-refractivity contribution >= 4 is 0 Å². The maximum absolute atomic E-state index is 2.32. The molecule has 0 rings (SSSR count). The molecular formula is C24H49. The van der Waals surface area contributed by atoms with Crippen LogP contribution in [0.4, 0.5) is 0 Å². The third-order valence-corrected chi connectivity index (χ3v) is 5.40. The van der Waals surface area contributed by atoms with Crippen molar-refractivity contribution in [1.29, 1.82) is 0 Å². The molecule has 0 N–H and O–H groups in total. The highest BCUT2D eigenvalue weighted by molar-refractivity contribution is 4.88. The molecule has 0 aliphatic rings. The summed E-state index contributed by atoms with van der Waals surface area (Å²) in [5, 5.41) is 0. The Morgan fingerprint density at radius 3 is 1.00 bits per heavy atom. The lowest BCUT2D eigenvalue weighted by Crippen LogP contribution is -1.98. The maximum atomic E-state index is 2.32. The monoisotopic (exact) mass is 337 g/mol. The molecule has 24 heavy (non-hydrogen) atoms. The lowest BCUT2D eigenvalue weighted by atomic mass is 9.90. The van der Waals surface area contributed by atoms with Gasteiger partial charge in [0.15, 0.2) is 0 Å². The van der Waals surface area contributed by atoms with E-state index in [-0.39, 0.29) is 0 Å². The minimum atomic E-state index is 1.36. The molecule has 0 spiro atoms. The fraction of sp³-hybridized carbons (Fsp3) is 0.958. The highest BCUT2D eigenvalue weighted by Crippen LogP contribution is 2.25. The van der Waals surface area contributed by atoms with Crippen molar-refractivity contribution < 1.29 is 0 Å². The predicted octanol–water partition coefficient (Wildman–Crippen LogP) is 9.42. The Bertz CT molecular complexity index is 200. The van der Waals surface area contributed by atoms with Crippen molar-refractivity contribution in [3.63, 3.8) is 0 Å². The van der Waals surface area contributed by atoms with E-state index in [2.05, 4.69) is 20.8 Å². The van der Waals surface area contributed by atoms with Crippen LogP contribution >= 0.6 is 0 Å². The molecule has 0 heterocycles. The third-order valence-electron chi connectivity index (χ3n) is 5.40. The van der Waals surface area contributed by atoms with E-state index in [1.54, 1.807) is 0 Å². The zero-order valence-electron chi connectivity index (χ0n) is 17.6. The summed E-state index contributed by atoms with van der Waals surface area (Å²) in [4.78, 5) is 0. The topological polar surface area (TPSA) is 0 Å². The largest absolute Gasteiger partial charge is 0.0654 e. The summed E-state index contributed by atoms with van der Waals surface area (Å²) >= 11 is 0. The first-order valence-corrected chi connectivity index (χ1v) is 11.7. The van der Waals surface area contributed by atoms with Gasteiger partial charge in [0.25, 0.3) is 0 Å². The van der Waals surface area contributed by atoms with Crippen LogP contribution in [0.1, 0.15) is 149 Å². The van der Waals surface area contributed by atoms with E-state index < -0.39 is 0 Å². The molecule has 0 atom stereocenters. The van der Waals surface area contributed by atoms with Gasteiger partial charge in [0.2, 0.25) is 0 Å². The maximum Gasteiger partial charge on any atom is -0.0241 e. The zero-order valence-corrected chi connectivity index (χ0v) is 17.6. The minimum absolute atomic E-state index is 1.36. The second-order valence-electron chi connectivity index (χ2n) is 7.95. The Kier molecular flexibility index (Phi) is 21.0. The van der Waals surface area contributed by atoms with Crippen molar-refractivity contribution in [1.82, 2.24) is 0 Å². The molecule has 0 bridgehead atoms. The van der Waals surface area contributed by atoms with Gasteiger partial charge in [0.1, 0.15) is 0 Å². The Morgan fingerprint density at radius 1 is 0.333 bits per heavy atom. The molecule has 0 aromatic rings. The van der Waals surface area contributed by atoms with Crippen LogP contribution in [-0.2, 0) is 0 Å². The standard InChI is InChI=1S/C24H49/c1-4-7-10-11-12-13-14-15-16-17-18-19-20-23-24(21-8-5-2)22-9-6-3/h4-23H2,1-3H3. The number of rotatable bonds is 20. The van der Waals surface area contributed by atoms with Gasteiger partial charge in [-0.1, -0.05) is 130 Å². The van der Waals surface area contributed by atoms with Gasteiger partial charge in [-0.15, -0.1) is 0 Å². The van der Waals surface area contributed by atoms with Gasteiger partial charge in [-0.25, -0.2) is 0 Å². The lowest BCUT2D eigenvalue weighted by Gasteiger charge is -2.15. The van der Waals surface area contributed by atoms with Crippen LogP contribution in [0.25, 0.3) is 0 Å². The fourth-order valence-corrected chi connectivity index (χ4v) is 3.62. The van der Waals surface area contributed by atoms with Crippen LogP contribution in [0.3, 0.4) is 0 Å². The van der Waals surface area contributed by atoms with E-state index in [1.807, 2.05) is 5.92 Å². The summed E-state index contributed by atoms with van der Waals surface area (Å²) in [6, 6.07) is 0. The summed E-state index contributed by atoms with van der Waals surface area (Å²) in [6.45, 7) is 6.94. The van der Waals surface area contributed by atoms with E-state index in [0.29, 0.717) is 0 Å². The van der Waals surface area contributed by atoms with E-state index in [1.165, 1.54) is 128 Å². The zero-order chi connectivity index (χ0) is 17.7. The summed E-state index contributed by atoms with van der Waals surface area (Å²) in [7, 11) is 0. The molecule has 1 radical (unpaired) electrons. The number of hydrogen-bond acceptors (Lipinski definition) is 0. The van der Waals surface area contributed by atoms with Crippen LogP contribution in [0.2, 0.25) is 0 Å². The lowest BCUT2D eigenvalue weighted by molar-refractivity contribution is 0.522. The number of hydrogen-bond donors (Lipinski definition) is 0. The Labute approximate surface area is 155 Å². The van der Waals surface area contributed by atoms with Gasteiger partial charge in [-0.05, 0) is 25.2 Å². The van der Waals surface area contributed by atoms with Crippen LogP contribution in [0.5, 0.6) is 0 Å². The van der Waals surface area contributed by atoms with E-state index >= 15 is 0 Å². The first-order valence-electron chi connectivity index (χ1n) is 11.7. The average Bonchev–Trinajstić information content (AvgIpc) is 2.60. The Morgan fingerprint density at radius 2 is 0.625 bits per heavy atom. The highest BCUT2D eigenvalue weighted by Gasteiger charge is 2.08. The minimum Gasteiger partial charge on any atom is -0.0654 e. The smallest absolute Gasteiger partial charge is 0.0241 e. The molecule has 0 saturated carbocycles. The molecule has 0 nitrogen and oxygen atoms in total. The first-order chi connectivity index (χ1) is 11.8. The molecule has 0 amide bonds. The second kappa shape index (κ2) is 21.0. The van der Waals surface area contributed by atoms with Crippen molar-refractivity contribution in [2.24, 2.45) is 0 Å². The highest BCUT2D eigenvalue weighted by atomic mass is 14.1. The predicted molar refractivity (Wildman–Crippen MR) is 113 cm³/mol. The molecule has 0 aromatic carbocycles. The summed E-state index contributed by atoms with van der Waals surface area (Å²) in [5.41, 5.74) is 0. The van der Waals surface area contributed by atoms with Gasteiger partial charge >= 0.3 is 0 Å². The van der Waals surface area contributed by atoms with Crippen LogP contribution in [0.15, 0.2) is 0 Å². The van der Waals surface area contributed by atoms with E-state index in [9.17, 15) is 0 Å². The van der Waals surface area contributed by atoms with Crippen molar-refractivity contribution in [2.75, 3.05) is 0 Å². The molecule has 145 valence electrons. The van der Waals surface area contributed by atoms with Gasteiger partial charge in [0.05, 0.1) is 0 Å². The molecule has 0 heteroatoms. The van der Waals surface area contributed by atoms with Crippen LogP contribution in [0, 0.1) is 5.92 Å². The molecule has 0 fully saturated rings. The fourth-order valence-electron chi connectivity index (χ4n) is 3.62. The SMILES string of the molecule is CCCCCCCCCCCCCCC[C](CCCC)CCCC. The van der Waals surface area contributed by atoms with E-state index in [4.69, 9.17) is 0 Å². The summed E-state index contributed by atoms with van der Waals surface area (Å²) in [6.07, 6.45) is 28.8. The Hall–Kier alpha value is 0. The van der Waals surface area contributed by atoms with Crippen LogP contribution in [-0.4, -0.2) is 0 Å². The molecular weight excluding hydrogens is 288 g/mol. The molecule has 0 aliphatic carbocycles. The van der Waals surface area contributed by atoms with Crippen molar-refractivity contribution in [2.45, 2.75) is 149 Å². The third kappa shape index (κ3) is 18.3. The quantitative estimate of drug-likeness (QED) is 0.194. The van der Waals surface area contributed by atoms with Crippen molar-refractivity contribution in [3.05, 3.63) is 5.92 Å². The normalized spacial score (nSPS) is 11.5. The van der Waals surface area contributed by atoms with Crippen molar-refractivity contribution in [3.8, 4) is 0 Å². The molecule has 0 unspecified atom stereocenters.